The molecule has 0 bridgehead atoms. The summed E-state index contributed by atoms with van der Waals surface area (Å²) >= 11 is 0. The van der Waals surface area contributed by atoms with E-state index in [2.05, 4.69) is 10.4 Å². The summed E-state index contributed by atoms with van der Waals surface area (Å²) in [6.07, 6.45) is 3.49. The van der Waals surface area contributed by atoms with Crippen LogP contribution in [0.2, 0.25) is 0 Å². The van der Waals surface area contributed by atoms with E-state index in [1.807, 2.05) is 6.20 Å². The Kier molecular flexibility index (Phi) is 3.76. The number of nitrogens with two attached hydrogens (primary N) is 1. The number of aromatic nitrogens is 3. The molecule has 3 aromatic rings. The maximum atomic E-state index is 12.6. The Bertz CT molecular complexity index is 1140. The zero-order chi connectivity index (χ0) is 19.1. The Morgan fingerprint density at radius 3 is 2.70 bits per heavy atom. The van der Waals surface area contributed by atoms with Crippen molar-refractivity contribution in [2.75, 3.05) is 5.73 Å². The van der Waals surface area contributed by atoms with E-state index in [9.17, 15) is 14.4 Å². The first-order valence-electron chi connectivity index (χ1n) is 8.06. The second-order valence-corrected chi connectivity index (χ2v) is 6.05. The molecule has 1 aromatic carbocycles. The molecule has 0 spiro atoms. The van der Waals surface area contributed by atoms with Crippen molar-refractivity contribution < 1.29 is 14.3 Å². The van der Waals surface area contributed by atoms with Crippen LogP contribution in [0.3, 0.4) is 0 Å². The number of benzene rings is 1. The summed E-state index contributed by atoms with van der Waals surface area (Å²) in [5.41, 5.74) is 6.74. The molecule has 1 aliphatic heterocycles. The molecule has 2 aromatic heterocycles. The minimum Gasteiger partial charge on any atom is -0.487 e. The smallest absolute Gasteiger partial charge is 0.262 e. The van der Waals surface area contributed by atoms with E-state index in [1.165, 1.54) is 0 Å². The molecule has 0 radical (unpaired) electrons. The molecule has 1 aliphatic rings. The van der Waals surface area contributed by atoms with E-state index in [4.69, 9.17) is 10.5 Å². The third-order valence-electron chi connectivity index (χ3n) is 4.21. The van der Waals surface area contributed by atoms with Crippen LogP contribution in [0.4, 0.5) is 5.82 Å². The van der Waals surface area contributed by atoms with E-state index in [0.29, 0.717) is 11.4 Å². The van der Waals surface area contributed by atoms with Crippen LogP contribution in [0, 0.1) is 0 Å². The van der Waals surface area contributed by atoms with Crippen molar-refractivity contribution in [2.45, 2.75) is 6.61 Å². The lowest BCUT2D eigenvalue weighted by atomic mass is 10.1. The van der Waals surface area contributed by atoms with Crippen LogP contribution in [-0.2, 0) is 13.7 Å². The monoisotopic (exact) mass is 365 g/mol. The van der Waals surface area contributed by atoms with Crippen LogP contribution in [0.25, 0.3) is 5.69 Å². The van der Waals surface area contributed by atoms with Crippen molar-refractivity contribution in [3.8, 4) is 11.4 Å². The molecule has 0 saturated carbocycles. The minimum absolute atomic E-state index is 0.0123. The predicted octanol–water partition coefficient (Wildman–Crippen LogP) is 0.616. The number of rotatable bonds is 4. The number of pyridine rings is 1. The molecule has 0 aliphatic carbocycles. The number of carbonyl (C=O) groups is 2. The molecule has 27 heavy (non-hydrogen) atoms. The van der Waals surface area contributed by atoms with Gasteiger partial charge in [-0.3, -0.25) is 28.9 Å². The van der Waals surface area contributed by atoms with Gasteiger partial charge in [-0.1, -0.05) is 12.1 Å². The summed E-state index contributed by atoms with van der Waals surface area (Å²) in [5, 5.41) is 6.22. The number of fused-ring (bicyclic) bond motifs is 1. The second-order valence-electron chi connectivity index (χ2n) is 6.05. The Balaban J connectivity index is 1.79. The third-order valence-corrected chi connectivity index (χ3v) is 4.21. The molecule has 3 N–H and O–H groups in total. The number of para-hydroxylation sites is 2. The number of nitrogens with zero attached hydrogens (tertiary/aromatic N) is 3. The lowest BCUT2D eigenvalue weighted by Gasteiger charge is -2.16. The molecule has 136 valence electrons. The fraction of sp³-hybridized carbons (Fsp3) is 0.111. The van der Waals surface area contributed by atoms with Crippen molar-refractivity contribution in [3.63, 3.8) is 0 Å². The third kappa shape index (κ3) is 2.74. The molecule has 0 atom stereocenters. The van der Waals surface area contributed by atoms with E-state index in [0.717, 1.165) is 16.2 Å². The van der Waals surface area contributed by atoms with E-state index < -0.39 is 17.4 Å². The maximum absolute atomic E-state index is 12.6. The molecule has 9 nitrogen and oxygen atoms in total. The van der Waals surface area contributed by atoms with Crippen molar-refractivity contribution in [1.29, 1.82) is 0 Å². The molecule has 0 saturated heterocycles. The topological polar surface area (TPSA) is 121 Å². The van der Waals surface area contributed by atoms with Gasteiger partial charge >= 0.3 is 0 Å². The number of hydrogen-bond acceptors (Lipinski definition) is 6. The van der Waals surface area contributed by atoms with Gasteiger partial charge in [-0.25, -0.2) is 0 Å². The first-order valence-corrected chi connectivity index (χ1v) is 8.06. The van der Waals surface area contributed by atoms with Gasteiger partial charge in [-0.15, -0.1) is 0 Å². The molecule has 0 fully saturated rings. The molecular weight excluding hydrogens is 350 g/mol. The number of ether oxygens (including phenoxy) is 1. The fourth-order valence-corrected chi connectivity index (χ4v) is 3.00. The number of aryl methyl sites for hydroxylation is 1. The Morgan fingerprint density at radius 2 is 1.96 bits per heavy atom. The van der Waals surface area contributed by atoms with E-state index in [1.54, 1.807) is 42.2 Å². The van der Waals surface area contributed by atoms with Crippen LogP contribution < -0.4 is 21.3 Å². The van der Waals surface area contributed by atoms with Gasteiger partial charge in [0.05, 0.1) is 23.0 Å². The summed E-state index contributed by atoms with van der Waals surface area (Å²) < 4.78 is 8.65. The number of carbonyl (C=O) groups excluding carboxylic acids is 2. The van der Waals surface area contributed by atoms with Crippen LogP contribution in [0.5, 0.6) is 5.75 Å². The number of hydrogen-bond donors (Lipinski definition) is 2. The molecule has 3 heterocycles. The maximum Gasteiger partial charge on any atom is 0.262 e. The fourth-order valence-electron chi connectivity index (χ4n) is 3.00. The van der Waals surface area contributed by atoms with Crippen LogP contribution in [-0.4, -0.2) is 26.2 Å². The lowest BCUT2D eigenvalue weighted by Crippen LogP contribution is -2.24. The number of anilines is 1. The number of amides is 2. The quantitative estimate of drug-likeness (QED) is 0.654. The molecular formula is C18H15N5O4. The lowest BCUT2D eigenvalue weighted by molar-refractivity contribution is 0.0880. The number of imide groups is 1. The van der Waals surface area contributed by atoms with Gasteiger partial charge in [0.1, 0.15) is 18.2 Å². The highest BCUT2D eigenvalue weighted by molar-refractivity contribution is 6.23. The van der Waals surface area contributed by atoms with Gasteiger partial charge in [0.2, 0.25) is 0 Å². The van der Waals surface area contributed by atoms with Crippen molar-refractivity contribution >= 4 is 17.6 Å². The average molecular weight is 365 g/mol. The summed E-state index contributed by atoms with van der Waals surface area (Å²) in [4.78, 5) is 36.4. The second kappa shape index (κ2) is 6.13. The highest BCUT2D eigenvalue weighted by Gasteiger charge is 2.32. The summed E-state index contributed by atoms with van der Waals surface area (Å²) in [6.45, 7) is 0.240. The van der Waals surface area contributed by atoms with Crippen molar-refractivity contribution in [3.05, 3.63) is 69.8 Å². The Hall–Kier alpha value is -3.88. The molecule has 0 unspecified atom stereocenters. The van der Waals surface area contributed by atoms with Crippen LogP contribution in [0.15, 0.2) is 47.5 Å². The summed E-state index contributed by atoms with van der Waals surface area (Å²) in [6, 6.07) is 7.92. The van der Waals surface area contributed by atoms with Crippen molar-refractivity contribution in [1.82, 2.24) is 19.7 Å². The highest BCUT2D eigenvalue weighted by Crippen LogP contribution is 2.28. The van der Waals surface area contributed by atoms with E-state index in [-0.39, 0.29) is 23.6 Å². The van der Waals surface area contributed by atoms with Gasteiger partial charge in [-0.05, 0) is 12.1 Å². The number of nitrogen functional groups attached to an aromatic ring is 1. The normalized spacial score (nSPS) is 12.8. The van der Waals surface area contributed by atoms with Gasteiger partial charge in [0.25, 0.3) is 17.4 Å². The Labute approximate surface area is 153 Å². The van der Waals surface area contributed by atoms with E-state index >= 15 is 0 Å². The summed E-state index contributed by atoms with van der Waals surface area (Å²) in [7, 11) is 1.80. The Morgan fingerprint density at radius 1 is 1.19 bits per heavy atom. The largest absolute Gasteiger partial charge is 0.487 e. The zero-order valence-electron chi connectivity index (χ0n) is 14.3. The van der Waals surface area contributed by atoms with Gasteiger partial charge < -0.3 is 10.5 Å². The molecule has 9 heteroatoms. The first-order chi connectivity index (χ1) is 13.0. The van der Waals surface area contributed by atoms with Crippen LogP contribution in [0.1, 0.15) is 26.3 Å². The molecule has 4 rings (SSSR count). The summed E-state index contributed by atoms with van der Waals surface area (Å²) in [5.74, 6) is -0.972. The molecule has 2 amide bonds. The SMILES string of the molecule is Cn1cc(COc2ccccc2-n2c(N)c3c(cc2=O)C(=O)NC3=O)cn1. The van der Waals surface area contributed by atoms with Gasteiger partial charge in [0.15, 0.2) is 0 Å². The van der Waals surface area contributed by atoms with Crippen LogP contribution >= 0.6 is 0 Å². The first kappa shape index (κ1) is 16.6. The number of nitrogens with one attached hydrogen (secondary N) is 1. The standard InChI is InChI=1S/C18H15N5O4/c1-22-8-10(7-20-22)9-27-13-5-3-2-4-12(13)23-14(24)6-11-15(16(23)19)18(26)21-17(11)25/h2-8H,9,19H2,1H3,(H,21,25,26). The van der Waals surface area contributed by atoms with Gasteiger partial charge in [0, 0.05) is 24.9 Å². The average Bonchev–Trinajstić information content (AvgIpc) is 3.17. The zero-order valence-corrected chi connectivity index (χ0v) is 14.3. The minimum atomic E-state index is -0.632. The van der Waals surface area contributed by atoms with Gasteiger partial charge in [-0.2, -0.15) is 5.10 Å². The predicted molar refractivity (Wildman–Crippen MR) is 95.8 cm³/mol. The van der Waals surface area contributed by atoms with Crippen molar-refractivity contribution in [2.24, 2.45) is 7.05 Å². The highest BCUT2D eigenvalue weighted by atomic mass is 16.5.